The van der Waals surface area contributed by atoms with Crippen molar-refractivity contribution in [2.24, 2.45) is 0 Å². The lowest BCUT2D eigenvalue weighted by molar-refractivity contribution is 0.216. The van der Waals surface area contributed by atoms with Crippen molar-refractivity contribution in [2.75, 3.05) is 6.61 Å². The number of aliphatic hydroxyl groups excluding tert-OH is 1. The first-order valence-electron chi connectivity index (χ1n) is 3.82. The van der Waals surface area contributed by atoms with E-state index in [1.165, 1.54) is 5.57 Å². The average molecular weight is 153 g/mol. The topological polar surface area (TPSA) is 32.3 Å². The lowest BCUT2D eigenvalue weighted by Crippen LogP contribution is -2.44. The molecule has 62 valence electrons. The van der Waals surface area contributed by atoms with Gasteiger partial charge in [0.1, 0.15) is 0 Å². The van der Waals surface area contributed by atoms with Crippen LogP contribution in [-0.4, -0.2) is 17.3 Å². The van der Waals surface area contributed by atoms with Crippen LogP contribution in [0.15, 0.2) is 23.4 Å². The molecule has 1 rings (SSSR count). The van der Waals surface area contributed by atoms with Crippen molar-refractivity contribution in [3.63, 3.8) is 0 Å². The number of allylic oxidation sites excluding steroid dienone is 3. The highest BCUT2D eigenvalue weighted by atomic mass is 16.3. The molecule has 0 bridgehead atoms. The van der Waals surface area contributed by atoms with Crippen LogP contribution in [0.5, 0.6) is 0 Å². The number of rotatable bonds is 1. The predicted molar refractivity (Wildman–Crippen MR) is 46.1 cm³/mol. The van der Waals surface area contributed by atoms with E-state index in [-0.39, 0.29) is 12.1 Å². The number of hydrogen-bond acceptors (Lipinski definition) is 2. The van der Waals surface area contributed by atoms with Crippen molar-refractivity contribution in [1.29, 1.82) is 0 Å². The third kappa shape index (κ3) is 1.84. The highest BCUT2D eigenvalue weighted by Crippen LogP contribution is 2.17. The Bertz CT molecular complexity index is 218. The van der Waals surface area contributed by atoms with Crippen LogP contribution in [0.2, 0.25) is 0 Å². The Kier molecular flexibility index (Phi) is 2.05. The third-order valence-electron chi connectivity index (χ3n) is 1.80. The quantitative estimate of drug-likeness (QED) is 0.593. The van der Waals surface area contributed by atoms with E-state index in [0.717, 1.165) is 5.70 Å². The fourth-order valence-corrected chi connectivity index (χ4v) is 1.49. The molecule has 0 aliphatic carbocycles. The normalized spacial score (nSPS) is 30.5. The molecule has 0 aromatic rings. The molecule has 1 aliphatic rings. The predicted octanol–water partition coefficient (Wildman–Crippen LogP) is 1.19. The van der Waals surface area contributed by atoms with Gasteiger partial charge in [-0.05, 0) is 26.8 Å². The van der Waals surface area contributed by atoms with Crippen molar-refractivity contribution < 1.29 is 5.11 Å². The number of nitrogens with one attached hydrogen (secondary N) is 1. The molecule has 0 amide bonds. The highest BCUT2D eigenvalue weighted by molar-refractivity contribution is 5.30. The van der Waals surface area contributed by atoms with Gasteiger partial charge in [0.2, 0.25) is 0 Å². The van der Waals surface area contributed by atoms with Crippen LogP contribution in [0, 0.1) is 0 Å². The summed E-state index contributed by atoms with van der Waals surface area (Å²) in [6.07, 6.45) is 4.11. The van der Waals surface area contributed by atoms with Gasteiger partial charge in [-0.25, -0.2) is 0 Å². The summed E-state index contributed by atoms with van der Waals surface area (Å²) in [6, 6.07) is 0. The zero-order valence-corrected chi connectivity index (χ0v) is 7.31. The molecule has 1 heterocycles. The molecular weight excluding hydrogens is 138 g/mol. The Labute approximate surface area is 67.6 Å². The number of dihydropyridines is 1. The third-order valence-corrected chi connectivity index (χ3v) is 1.80. The number of hydrogen-bond donors (Lipinski definition) is 2. The van der Waals surface area contributed by atoms with Gasteiger partial charge in [0, 0.05) is 5.70 Å². The maximum absolute atomic E-state index is 9.05. The molecule has 0 radical (unpaired) electrons. The fraction of sp³-hybridized carbons (Fsp3) is 0.556. The van der Waals surface area contributed by atoms with Crippen LogP contribution in [0.4, 0.5) is 0 Å². The minimum absolute atomic E-state index is 0.134. The summed E-state index contributed by atoms with van der Waals surface area (Å²) in [6.45, 7) is 6.16. The average Bonchev–Trinajstić information content (AvgIpc) is 1.84. The van der Waals surface area contributed by atoms with E-state index >= 15 is 0 Å². The molecule has 0 saturated heterocycles. The Balaban J connectivity index is 2.86. The van der Waals surface area contributed by atoms with Crippen LogP contribution in [0.1, 0.15) is 20.8 Å². The molecule has 2 nitrogen and oxygen atoms in total. The van der Waals surface area contributed by atoms with Gasteiger partial charge in [0.05, 0.1) is 12.1 Å². The van der Waals surface area contributed by atoms with Gasteiger partial charge in [-0.1, -0.05) is 11.6 Å². The van der Waals surface area contributed by atoms with Gasteiger partial charge in [-0.2, -0.15) is 0 Å². The Hall–Kier alpha value is -0.760. The zero-order chi connectivity index (χ0) is 8.48. The van der Waals surface area contributed by atoms with Crippen molar-refractivity contribution in [1.82, 2.24) is 5.32 Å². The van der Waals surface area contributed by atoms with Gasteiger partial charge >= 0.3 is 0 Å². The second-order valence-corrected chi connectivity index (χ2v) is 3.42. The summed E-state index contributed by atoms with van der Waals surface area (Å²) in [4.78, 5) is 0. The smallest absolute Gasteiger partial charge is 0.0761 e. The maximum atomic E-state index is 9.05. The van der Waals surface area contributed by atoms with E-state index in [2.05, 4.69) is 11.4 Å². The van der Waals surface area contributed by atoms with Crippen LogP contribution >= 0.6 is 0 Å². The molecule has 1 atom stereocenters. The van der Waals surface area contributed by atoms with Gasteiger partial charge in [0.25, 0.3) is 0 Å². The molecule has 1 aliphatic heterocycles. The molecule has 11 heavy (non-hydrogen) atoms. The molecule has 0 fully saturated rings. The lowest BCUT2D eigenvalue weighted by atomic mass is 9.96. The van der Waals surface area contributed by atoms with E-state index in [1.807, 2.05) is 26.8 Å². The van der Waals surface area contributed by atoms with Gasteiger partial charge in [-0.15, -0.1) is 0 Å². The first-order chi connectivity index (χ1) is 5.06. The van der Waals surface area contributed by atoms with Crippen molar-refractivity contribution in [3.8, 4) is 0 Å². The Morgan fingerprint density at radius 3 is 2.64 bits per heavy atom. The Morgan fingerprint density at radius 1 is 1.55 bits per heavy atom. The molecular formula is C9H15NO. The van der Waals surface area contributed by atoms with E-state index in [4.69, 9.17) is 5.11 Å². The largest absolute Gasteiger partial charge is 0.394 e. The van der Waals surface area contributed by atoms with Crippen LogP contribution < -0.4 is 5.32 Å². The van der Waals surface area contributed by atoms with Crippen LogP contribution in [-0.2, 0) is 0 Å². The van der Waals surface area contributed by atoms with E-state index in [9.17, 15) is 0 Å². The summed E-state index contributed by atoms with van der Waals surface area (Å²) in [5.74, 6) is 0. The maximum Gasteiger partial charge on any atom is 0.0761 e. The van der Waals surface area contributed by atoms with Crippen LogP contribution in [0.25, 0.3) is 0 Å². The molecule has 0 aromatic carbocycles. The minimum atomic E-state index is -0.261. The van der Waals surface area contributed by atoms with Gasteiger partial charge < -0.3 is 10.4 Å². The minimum Gasteiger partial charge on any atom is -0.394 e. The van der Waals surface area contributed by atoms with Gasteiger partial charge in [-0.3, -0.25) is 0 Å². The highest BCUT2D eigenvalue weighted by Gasteiger charge is 2.22. The van der Waals surface area contributed by atoms with Crippen molar-refractivity contribution in [3.05, 3.63) is 23.4 Å². The summed E-state index contributed by atoms with van der Waals surface area (Å²) in [5, 5.41) is 12.3. The molecule has 2 N–H and O–H groups in total. The number of aliphatic hydroxyl groups is 1. The van der Waals surface area contributed by atoms with E-state index in [1.54, 1.807) is 0 Å². The first kappa shape index (κ1) is 8.34. The first-order valence-corrected chi connectivity index (χ1v) is 3.82. The zero-order valence-electron chi connectivity index (χ0n) is 7.31. The molecule has 2 heteroatoms. The summed E-state index contributed by atoms with van der Waals surface area (Å²) in [7, 11) is 0. The molecule has 0 spiro atoms. The molecule has 0 saturated carbocycles. The molecule has 0 aromatic heterocycles. The van der Waals surface area contributed by atoms with Crippen molar-refractivity contribution in [2.45, 2.75) is 26.3 Å². The van der Waals surface area contributed by atoms with E-state index < -0.39 is 0 Å². The second-order valence-electron chi connectivity index (χ2n) is 3.42. The Morgan fingerprint density at radius 2 is 2.18 bits per heavy atom. The molecule has 1 unspecified atom stereocenters. The van der Waals surface area contributed by atoms with Crippen LogP contribution in [0.3, 0.4) is 0 Å². The lowest BCUT2D eigenvalue weighted by Gasteiger charge is -2.30. The standard InChI is InChI=1S/C9H15NO/c1-7-4-8(2)10-9(3,5-7)6-11/h4-5,10-11H,6H2,1-3H3. The monoisotopic (exact) mass is 153 g/mol. The summed E-state index contributed by atoms with van der Waals surface area (Å²) in [5.41, 5.74) is 2.06. The fourth-order valence-electron chi connectivity index (χ4n) is 1.49. The summed E-state index contributed by atoms with van der Waals surface area (Å²) < 4.78 is 0. The van der Waals surface area contributed by atoms with Crippen molar-refractivity contribution >= 4 is 0 Å². The van der Waals surface area contributed by atoms with E-state index in [0.29, 0.717) is 0 Å². The van der Waals surface area contributed by atoms with Gasteiger partial charge in [0.15, 0.2) is 0 Å². The SMILES string of the molecule is CC1=CC(C)(CO)NC(C)=C1. The second kappa shape index (κ2) is 2.70. The summed E-state index contributed by atoms with van der Waals surface area (Å²) >= 11 is 0.